The number of hydrogen-bond donors (Lipinski definition) is 1. The average molecular weight is 285 g/mol. The van der Waals surface area contributed by atoms with Crippen molar-refractivity contribution in [3.63, 3.8) is 0 Å². The first kappa shape index (κ1) is 13.8. The van der Waals surface area contributed by atoms with Crippen LogP contribution in [0.2, 0.25) is 0 Å². The Morgan fingerprint density at radius 1 is 1.10 bits per heavy atom. The second kappa shape index (κ2) is 6.55. The summed E-state index contributed by atoms with van der Waals surface area (Å²) in [4.78, 5) is 1.43. The Morgan fingerprint density at radius 2 is 1.95 bits per heavy atom. The molecule has 1 saturated carbocycles. The van der Waals surface area contributed by atoms with Crippen LogP contribution in [-0.4, -0.2) is 6.04 Å². The highest BCUT2D eigenvalue weighted by Gasteiger charge is 2.23. The summed E-state index contributed by atoms with van der Waals surface area (Å²) in [6, 6.07) is 16.3. The van der Waals surface area contributed by atoms with Crippen molar-refractivity contribution in [2.75, 3.05) is 0 Å². The molecule has 3 unspecified atom stereocenters. The van der Waals surface area contributed by atoms with E-state index in [-0.39, 0.29) is 0 Å². The van der Waals surface area contributed by atoms with Crippen LogP contribution < -0.4 is 5.32 Å². The molecule has 1 aromatic heterocycles. The van der Waals surface area contributed by atoms with Gasteiger partial charge in [-0.25, -0.2) is 0 Å². The van der Waals surface area contributed by atoms with Crippen LogP contribution >= 0.6 is 11.3 Å². The fourth-order valence-electron chi connectivity index (χ4n) is 3.26. The third-order valence-corrected chi connectivity index (χ3v) is 5.24. The molecular weight excluding hydrogens is 262 g/mol. The lowest BCUT2D eigenvalue weighted by atomic mass is 9.86. The van der Waals surface area contributed by atoms with Gasteiger partial charge >= 0.3 is 0 Å². The van der Waals surface area contributed by atoms with E-state index in [1.807, 2.05) is 11.3 Å². The second-order valence-electron chi connectivity index (χ2n) is 5.99. The third kappa shape index (κ3) is 3.31. The van der Waals surface area contributed by atoms with Gasteiger partial charge in [-0.2, -0.15) is 0 Å². The van der Waals surface area contributed by atoms with Gasteiger partial charge in [0.15, 0.2) is 0 Å². The Hall–Kier alpha value is -1.12. The van der Waals surface area contributed by atoms with Crippen molar-refractivity contribution in [3.05, 3.63) is 58.3 Å². The lowest BCUT2D eigenvalue weighted by Crippen LogP contribution is -2.36. The summed E-state index contributed by atoms with van der Waals surface area (Å²) in [7, 11) is 0. The zero-order chi connectivity index (χ0) is 13.8. The van der Waals surface area contributed by atoms with Crippen LogP contribution in [0, 0.1) is 5.92 Å². The molecule has 0 radical (unpaired) electrons. The summed E-state index contributed by atoms with van der Waals surface area (Å²) in [5.41, 5.74) is 1.38. The number of nitrogens with one attached hydrogen (secondary N) is 1. The first-order valence-electron chi connectivity index (χ1n) is 7.67. The standard InChI is InChI=1S/C18H23NS/c1-14-7-5-10-16(13-14)19-18(17-11-6-12-20-17)15-8-3-2-4-9-15/h2-4,6,8-9,11-12,14,16,18-19H,5,7,10,13H2,1H3. The first-order valence-corrected chi connectivity index (χ1v) is 8.55. The van der Waals surface area contributed by atoms with Crippen LogP contribution in [0.15, 0.2) is 47.8 Å². The fourth-order valence-corrected chi connectivity index (χ4v) is 4.08. The molecule has 1 N–H and O–H groups in total. The van der Waals surface area contributed by atoms with Crippen LogP contribution in [0.25, 0.3) is 0 Å². The minimum Gasteiger partial charge on any atom is -0.303 e. The van der Waals surface area contributed by atoms with Gasteiger partial charge in [0.1, 0.15) is 0 Å². The van der Waals surface area contributed by atoms with E-state index in [0.29, 0.717) is 12.1 Å². The van der Waals surface area contributed by atoms with E-state index in [1.54, 1.807) is 0 Å². The monoisotopic (exact) mass is 285 g/mol. The molecule has 0 aliphatic heterocycles. The van der Waals surface area contributed by atoms with Crippen LogP contribution in [0.4, 0.5) is 0 Å². The van der Waals surface area contributed by atoms with Gasteiger partial charge in [0.05, 0.1) is 6.04 Å². The highest BCUT2D eigenvalue weighted by molar-refractivity contribution is 7.10. The van der Waals surface area contributed by atoms with Crippen LogP contribution in [0.1, 0.15) is 49.1 Å². The van der Waals surface area contributed by atoms with Crippen molar-refractivity contribution >= 4 is 11.3 Å². The van der Waals surface area contributed by atoms with E-state index in [9.17, 15) is 0 Å². The molecule has 0 bridgehead atoms. The van der Waals surface area contributed by atoms with Crippen LogP contribution in [-0.2, 0) is 0 Å². The van der Waals surface area contributed by atoms with Gasteiger partial charge in [0.25, 0.3) is 0 Å². The Bertz CT molecular complexity index is 505. The molecule has 106 valence electrons. The van der Waals surface area contributed by atoms with Crippen molar-refractivity contribution in [1.29, 1.82) is 0 Å². The van der Waals surface area contributed by atoms with E-state index < -0.39 is 0 Å². The summed E-state index contributed by atoms with van der Waals surface area (Å²) in [5, 5.41) is 6.09. The van der Waals surface area contributed by atoms with Gasteiger partial charge in [-0.3, -0.25) is 0 Å². The summed E-state index contributed by atoms with van der Waals surface area (Å²) in [6.45, 7) is 2.39. The summed E-state index contributed by atoms with van der Waals surface area (Å²) in [5.74, 6) is 0.862. The normalized spacial score (nSPS) is 24.4. The Kier molecular flexibility index (Phi) is 4.54. The predicted molar refractivity (Wildman–Crippen MR) is 87.2 cm³/mol. The van der Waals surface area contributed by atoms with E-state index in [1.165, 1.54) is 36.1 Å². The van der Waals surface area contributed by atoms with Gasteiger partial charge in [-0.1, -0.05) is 56.2 Å². The quantitative estimate of drug-likeness (QED) is 0.833. The molecular formula is C18H23NS. The Balaban J connectivity index is 1.79. The van der Waals surface area contributed by atoms with E-state index in [2.05, 4.69) is 60.1 Å². The maximum Gasteiger partial charge on any atom is 0.0673 e. The molecule has 2 aromatic rings. The molecule has 2 heteroatoms. The van der Waals surface area contributed by atoms with Gasteiger partial charge in [-0.05, 0) is 35.8 Å². The molecule has 0 spiro atoms. The predicted octanol–water partition coefficient (Wildman–Crippen LogP) is 5.01. The molecule has 20 heavy (non-hydrogen) atoms. The second-order valence-corrected chi connectivity index (χ2v) is 6.97. The molecule has 1 aliphatic carbocycles. The van der Waals surface area contributed by atoms with Crippen molar-refractivity contribution < 1.29 is 0 Å². The third-order valence-electron chi connectivity index (χ3n) is 4.30. The first-order chi connectivity index (χ1) is 9.83. The zero-order valence-electron chi connectivity index (χ0n) is 12.1. The van der Waals surface area contributed by atoms with E-state index in [0.717, 1.165) is 5.92 Å². The van der Waals surface area contributed by atoms with Crippen molar-refractivity contribution in [3.8, 4) is 0 Å². The average Bonchev–Trinajstić information content (AvgIpc) is 3.00. The topological polar surface area (TPSA) is 12.0 Å². The van der Waals surface area contributed by atoms with Crippen molar-refractivity contribution in [1.82, 2.24) is 5.32 Å². The minimum atomic E-state index is 0.353. The highest BCUT2D eigenvalue weighted by Crippen LogP contribution is 2.30. The zero-order valence-corrected chi connectivity index (χ0v) is 12.9. The van der Waals surface area contributed by atoms with Gasteiger partial charge in [0.2, 0.25) is 0 Å². The van der Waals surface area contributed by atoms with Crippen molar-refractivity contribution in [2.45, 2.75) is 44.7 Å². The molecule has 1 aromatic carbocycles. The molecule has 0 saturated heterocycles. The SMILES string of the molecule is CC1CCCC(NC(c2ccccc2)c2cccs2)C1. The number of thiophene rings is 1. The maximum absolute atomic E-state index is 3.92. The van der Waals surface area contributed by atoms with Gasteiger partial charge < -0.3 is 5.32 Å². The largest absolute Gasteiger partial charge is 0.303 e. The van der Waals surface area contributed by atoms with Crippen LogP contribution in [0.5, 0.6) is 0 Å². The van der Waals surface area contributed by atoms with Crippen LogP contribution in [0.3, 0.4) is 0 Å². The van der Waals surface area contributed by atoms with E-state index in [4.69, 9.17) is 0 Å². The lowest BCUT2D eigenvalue weighted by molar-refractivity contribution is 0.291. The molecule has 0 amide bonds. The fraction of sp³-hybridized carbons (Fsp3) is 0.444. The Labute approximate surface area is 126 Å². The van der Waals surface area contributed by atoms with E-state index >= 15 is 0 Å². The number of benzene rings is 1. The Morgan fingerprint density at radius 3 is 2.65 bits per heavy atom. The molecule has 1 heterocycles. The summed E-state index contributed by atoms with van der Waals surface area (Å²) in [6.07, 6.45) is 5.39. The molecule has 3 atom stereocenters. The summed E-state index contributed by atoms with van der Waals surface area (Å²) < 4.78 is 0. The van der Waals surface area contributed by atoms with Gasteiger partial charge in [0, 0.05) is 10.9 Å². The lowest BCUT2D eigenvalue weighted by Gasteiger charge is -2.31. The number of rotatable bonds is 4. The van der Waals surface area contributed by atoms with Crippen molar-refractivity contribution in [2.24, 2.45) is 5.92 Å². The van der Waals surface area contributed by atoms with Gasteiger partial charge in [-0.15, -0.1) is 11.3 Å². The molecule has 1 nitrogen and oxygen atoms in total. The summed E-state index contributed by atoms with van der Waals surface area (Å²) >= 11 is 1.85. The maximum atomic E-state index is 3.92. The number of hydrogen-bond acceptors (Lipinski definition) is 2. The minimum absolute atomic E-state index is 0.353. The molecule has 1 fully saturated rings. The highest BCUT2D eigenvalue weighted by atomic mass is 32.1. The smallest absolute Gasteiger partial charge is 0.0673 e. The molecule has 1 aliphatic rings. The molecule has 3 rings (SSSR count).